The minimum absolute atomic E-state index is 0.0248. The van der Waals surface area contributed by atoms with Gasteiger partial charge in [0, 0.05) is 0 Å². The minimum Gasteiger partial charge on any atom is -0.469 e. The summed E-state index contributed by atoms with van der Waals surface area (Å²) < 4.78 is 54.3. The van der Waals surface area contributed by atoms with E-state index in [-0.39, 0.29) is 22.9 Å². The van der Waals surface area contributed by atoms with Gasteiger partial charge in [-0.25, -0.2) is 9.78 Å². The van der Waals surface area contributed by atoms with Gasteiger partial charge in [0.1, 0.15) is 18.3 Å². The number of anilines is 1. The standard InChI is InChI=1S/C21H31FN5O10P/c1-10(2)5-11(20(31)34-4)8-38(32,36-7-13(28)33-3)35-6-12-15(29)16(30)19(37-12)27-9-24-14-17(23)25-21(22)26-18(14)27/h9-12,15-16,19,29-30H,5-8H2,1-4H3,(H2,23,25,26)/t11?,12-,15-,16+,19-,38?/m1/s1. The molecule has 0 aromatic carbocycles. The number of carbonyl (C=O) groups excluding carboxylic acids is 2. The molecule has 0 spiro atoms. The zero-order valence-corrected chi connectivity index (χ0v) is 22.1. The fraction of sp³-hybridized carbons (Fsp3) is 0.667. The van der Waals surface area contributed by atoms with E-state index in [0.29, 0.717) is 6.42 Å². The van der Waals surface area contributed by atoms with Crippen LogP contribution in [0.2, 0.25) is 0 Å². The number of fused-ring (bicyclic) bond motifs is 1. The Morgan fingerprint density at radius 3 is 2.55 bits per heavy atom. The molecule has 0 amide bonds. The highest BCUT2D eigenvalue weighted by Crippen LogP contribution is 2.51. The van der Waals surface area contributed by atoms with Crippen molar-refractivity contribution in [3.63, 3.8) is 0 Å². The van der Waals surface area contributed by atoms with Crippen molar-refractivity contribution in [2.75, 3.05) is 39.3 Å². The van der Waals surface area contributed by atoms with Gasteiger partial charge in [-0.3, -0.25) is 18.5 Å². The Balaban J connectivity index is 1.79. The highest BCUT2D eigenvalue weighted by molar-refractivity contribution is 7.53. The normalized spacial score (nSPS) is 23.9. The molecule has 0 saturated carbocycles. The van der Waals surface area contributed by atoms with Crippen LogP contribution in [0, 0.1) is 17.9 Å². The lowest BCUT2D eigenvalue weighted by Crippen LogP contribution is -2.34. The number of imidazole rings is 1. The van der Waals surface area contributed by atoms with Gasteiger partial charge in [0.05, 0.1) is 39.2 Å². The van der Waals surface area contributed by atoms with Gasteiger partial charge in [0.15, 0.2) is 29.8 Å². The van der Waals surface area contributed by atoms with Gasteiger partial charge in [-0.15, -0.1) is 0 Å². The van der Waals surface area contributed by atoms with Crippen LogP contribution in [0.25, 0.3) is 11.2 Å². The molecule has 17 heteroatoms. The Labute approximate surface area is 216 Å². The van der Waals surface area contributed by atoms with E-state index in [9.17, 15) is 28.8 Å². The number of nitrogens with two attached hydrogens (primary N) is 1. The fourth-order valence-corrected chi connectivity index (χ4v) is 5.78. The molecule has 15 nitrogen and oxygen atoms in total. The van der Waals surface area contributed by atoms with Gasteiger partial charge in [-0.05, 0) is 12.3 Å². The predicted octanol–water partition coefficient (Wildman–Crippen LogP) is 0.401. The number of ether oxygens (including phenoxy) is 3. The molecule has 0 radical (unpaired) electrons. The zero-order valence-electron chi connectivity index (χ0n) is 21.2. The Kier molecular flexibility index (Phi) is 9.73. The van der Waals surface area contributed by atoms with Crippen molar-refractivity contribution >= 4 is 36.5 Å². The quantitative estimate of drug-likeness (QED) is 0.182. The maximum absolute atomic E-state index is 13.7. The number of aliphatic hydroxyl groups excluding tert-OH is 2. The fourth-order valence-electron chi connectivity index (χ4n) is 3.98. The van der Waals surface area contributed by atoms with Crippen LogP contribution in [0.5, 0.6) is 0 Å². The van der Waals surface area contributed by atoms with Crippen molar-refractivity contribution in [3.05, 3.63) is 12.4 Å². The SMILES string of the molecule is COC(=O)COP(=O)(CC(CC(C)C)C(=O)OC)OC[C@H]1O[C@@H](n2cnc3c(N)nc(F)nc32)[C@@H](O)[C@@H]1O. The van der Waals surface area contributed by atoms with Gasteiger partial charge < -0.3 is 34.7 Å². The summed E-state index contributed by atoms with van der Waals surface area (Å²) in [6, 6.07) is 0. The summed E-state index contributed by atoms with van der Waals surface area (Å²) in [6.07, 6.45) is -5.75. The highest BCUT2D eigenvalue weighted by Gasteiger charge is 2.46. The summed E-state index contributed by atoms with van der Waals surface area (Å²) in [4.78, 5) is 34.9. The van der Waals surface area contributed by atoms with Crippen LogP contribution < -0.4 is 5.73 Å². The van der Waals surface area contributed by atoms with Crippen molar-refractivity contribution in [1.29, 1.82) is 0 Å². The first-order valence-corrected chi connectivity index (χ1v) is 13.3. The topological polar surface area (TPSA) is 207 Å². The number of aliphatic hydroxyl groups is 2. The van der Waals surface area contributed by atoms with E-state index in [1.165, 1.54) is 13.4 Å². The number of carbonyl (C=O) groups is 2. The number of halogens is 1. The van der Waals surface area contributed by atoms with Gasteiger partial charge >= 0.3 is 25.6 Å². The van der Waals surface area contributed by atoms with E-state index < -0.39 is 75.4 Å². The Bertz CT molecular complexity index is 1200. The summed E-state index contributed by atoms with van der Waals surface area (Å²) in [7, 11) is -1.88. The molecule has 3 rings (SSSR count). The van der Waals surface area contributed by atoms with Crippen LogP contribution in [-0.4, -0.2) is 93.6 Å². The van der Waals surface area contributed by atoms with Crippen LogP contribution in [0.1, 0.15) is 26.5 Å². The van der Waals surface area contributed by atoms with Gasteiger partial charge in [-0.2, -0.15) is 14.4 Å². The monoisotopic (exact) mass is 563 g/mol. The Morgan fingerprint density at radius 1 is 1.21 bits per heavy atom. The first kappa shape index (κ1) is 29.8. The second-order valence-corrected chi connectivity index (χ2v) is 11.1. The van der Waals surface area contributed by atoms with Crippen LogP contribution in [-0.2, 0) is 37.4 Å². The van der Waals surface area contributed by atoms with E-state index in [2.05, 4.69) is 19.7 Å². The average molecular weight is 563 g/mol. The number of nitrogen functional groups attached to an aromatic ring is 1. The zero-order chi connectivity index (χ0) is 28.2. The molecular weight excluding hydrogens is 532 g/mol. The third-order valence-corrected chi connectivity index (χ3v) is 7.76. The molecule has 2 unspecified atom stereocenters. The molecule has 3 heterocycles. The van der Waals surface area contributed by atoms with Gasteiger partial charge in [0.25, 0.3) is 0 Å². The summed E-state index contributed by atoms with van der Waals surface area (Å²) in [5, 5.41) is 21.2. The van der Waals surface area contributed by atoms with Crippen molar-refractivity contribution in [2.45, 2.75) is 44.8 Å². The lowest BCUT2D eigenvalue weighted by Gasteiger charge is -2.25. The van der Waals surface area contributed by atoms with E-state index in [1.807, 2.05) is 13.8 Å². The maximum Gasteiger partial charge on any atom is 0.332 e. The highest BCUT2D eigenvalue weighted by atomic mass is 31.2. The third kappa shape index (κ3) is 6.81. The first-order chi connectivity index (χ1) is 17.9. The minimum atomic E-state index is -4.18. The van der Waals surface area contributed by atoms with Gasteiger partial charge in [-0.1, -0.05) is 13.8 Å². The molecule has 0 bridgehead atoms. The number of hydrogen-bond donors (Lipinski definition) is 3. The van der Waals surface area contributed by atoms with Crippen molar-refractivity contribution in [2.24, 2.45) is 11.8 Å². The van der Waals surface area contributed by atoms with Crippen LogP contribution in [0.15, 0.2) is 6.33 Å². The second kappa shape index (κ2) is 12.4. The van der Waals surface area contributed by atoms with Crippen LogP contribution >= 0.6 is 7.60 Å². The number of hydrogen-bond acceptors (Lipinski definition) is 14. The van der Waals surface area contributed by atoms with E-state index >= 15 is 0 Å². The molecule has 6 atom stereocenters. The largest absolute Gasteiger partial charge is 0.469 e. The van der Waals surface area contributed by atoms with Crippen molar-refractivity contribution in [1.82, 2.24) is 19.5 Å². The first-order valence-electron chi connectivity index (χ1n) is 11.6. The lowest BCUT2D eigenvalue weighted by molar-refractivity contribution is -0.145. The van der Waals surface area contributed by atoms with Crippen molar-refractivity contribution in [3.8, 4) is 0 Å². The molecule has 1 aliphatic heterocycles. The number of methoxy groups -OCH3 is 2. The molecule has 1 fully saturated rings. The van der Waals surface area contributed by atoms with Crippen LogP contribution in [0.3, 0.4) is 0 Å². The summed E-state index contributed by atoms with van der Waals surface area (Å²) in [6.45, 7) is 2.41. The summed E-state index contributed by atoms with van der Waals surface area (Å²) in [5.41, 5.74) is 5.63. The molecule has 4 N–H and O–H groups in total. The van der Waals surface area contributed by atoms with E-state index in [1.54, 1.807) is 0 Å². The Morgan fingerprint density at radius 2 is 1.92 bits per heavy atom. The molecule has 2 aromatic heterocycles. The third-order valence-electron chi connectivity index (χ3n) is 5.81. The molecule has 1 saturated heterocycles. The molecule has 0 aliphatic carbocycles. The second-order valence-electron chi connectivity index (χ2n) is 9.04. The molecule has 1 aliphatic rings. The number of rotatable bonds is 12. The maximum atomic E-state index is 13.7. The smallest absolute Gasteiger partial charge is 0.332 e. The molecule has 38 heavy (non-hydrogen) atoms. The molecular formula is C21H31FN5O10P. The number of aromatic nitrogens is 4. The lowest BCUT2D eigenvalue weighted by atomic mass is 9.99. The van der Waals surface area contributed by atoms with E-state index in [4.69, 9.17) is 24.3 Å². The average Bonchev–Trinajstić information content (AvgIpc) is 3.41. The number of esters is 2. The van der Waals surface area contributed by atoms with E-state index in [0.717, 1.165) is 11.7 Å². The molecule has 2 aromatic rings. The summed E-state index contributed by atoms with van der Waals surface area (Å²) >= 11 is 0. The van der Waals surface area contributed by atoms with Crippen molar-refractivity contribution < 1.29 is 52.0 Å². The Hall–Kier alpha value is -2.75. The number of nitrogens with zero attached hydrogens (tertiary/aromatic N) is 4. The van der Waals surface area contributed by atoms with Gasteiger partial charge in [0.2, 0.25) is 0 Å². The molecule has 212 valence electrons. The summed E-state index contributed by atoms with van der Waals surface area (Å²) in [5.74, 6) is -2.56. The predicted molar refractivity (Wildman–Crippen MR) is 127 cm³/mol. The van der Waals surface area contributed by atoms with Crippen LogP contribution in [0.4, 0.5) is 10.2 Å².